The molecule has 2 aromatic rings. The zero-order chi connectivity index (χ0) is 23.9. The second-order valence-corrected chi connectivity index (χ2v) is 9.25. The zero-order valence-corrected chi connectivity index (χ0v) is 19.1. The summed E-state index contributed by atoms with van der Waals surface area (Å²) in [5, 5.41) is 24.2. The van der Waals surface area contributed by atoms with Crippen molar-refractivity contribution in [1.82, 2.24) is 30.5 Å². The molecule has 4 rings (SSSR count). The molecule has 33 heavy (non-hydrogen) atoms. The number of fused-ring (bicyclic) bond motifs is 1. The summed E-state index contributed by atoms with van der Waals surface area (Å²) in [5.41, 5.74) is 2.11. The molecule has 178 valence electrons. The van der Waals surface area contributed by atoms with Crippen LogP contribution in [0.2, 0.25) is 0 Å². The summed E-state index contributed by atoms with van der Waals surface area (Å²) in [6.45, 7) is 8.06. The minimum absolute atomic E-state index is 0.00353. The molecule has 1 aromatic heterocycles. The van der Waals surface area contributed by atoms with Gasteiger partial charge in [-0.05, 0) is 31.5 Å². The predicted octanol–water partition coefficient (Wildman–Crippen LogP) is 0.183. The third-order valence-electron chi connectivity index (χ3n) is 6.30. The third kappa shape index (κ3) is 4.35. The van der Waals surface area contributed by atoms with Crippen LogP contribution in [0.1, 0.15) is 30.8 Å². The fraction of sp³-hybridized carbons (Fsp3) is 0.545. The molecule has 0 bridgehead atoms. The molecule has 2 fully saturated rings. The van der Waals surface area contributed by atoms with E-state index < -0.39 is 41.4 Å². The van der Waals surface area contributed by atoms with E-state index in [1.807, 2.05) is 27.7 Å². The lowest BCUT2D eigenvalue weighted by atomic mass is 9.87. The summed E-state index contributed by atoms with van der Waals surface area (Å²) in [4.78, 5) is 27.5. The number of rotatable bonds is 4. The van der Waals surface area contributed by atoms with Crippen LogP contribution in [-0.4, -0.2) is 74.9 Å². The summed E-state index contributed by atoms with van der Waals surface area (Å²) in [6.07, 6.45) is -1.69. The van der Waals surface area contributed by atoms with Gasteiger partial charge >= 0.3 is 0 Å². The maximum absolute atomic E-state index is 14.0. The van der Waals surface area contributed by atoms with Gasteiger partial charge in [-0.15, -0.1) is 5.10 Å². The topological polar surface area (TPSA) is 122 Å². The number of nitrogens with one attached hydrogen (secondary N) is 2. The highest BCUT2D eigenvalue weighted by Gasteiger charge is 2.49. The first kappa shape index (κ1) is 23.3. The van der Waals surface area contributed by atoms with Crippen molar-refractivity contribution in [3.63, 3.8) is 0 Å². The van der Waals surface area contributed by atoms with Crippen LogP contribution >= 0.6 is 0 Å². The van der Waals surface area contributed by atoms with Gasteiger partial charge in [-0.25, -0.2) is 9.07 Å². The molecule has 2 aliphatic heterocycles. The average Bonchev–Trinajstić information content (AvgIpc) is 3.02. The van der Waals surface area contributed by atoms with Gasteiger partial charge in [-0.2, -0.15) is 0 Å². The van der Waals surface area contributed by atoms with Crippen molar-refractivity contribution in [3.05, 3.63) is 41.0 Å². The Kier molecular flexibility index (Phi) is 6.21. The molecule has 2 amide bonds. The van der Waals surface area contributed by atoms with Gasteiger partial charge in [-0.1, -0.05) is 25.1 Å². The number of nitrogens with zero attached hydrogens (tertiary/aromatic N) is 4. The van der Waals surface area contributed by atoms with E-state index in [-0.39, 0.29) is 19.7 Å². The van der Waals surface area contributed by atoms with Crippen molar-refractivity contribution < 1.29 is 23.8 Å². The van der Waals surface area contributed by atoms with E-state index in [0.29, 0.717) is 23.6 Å². The molecule has 0 spiro atoms. The quantitative estimate of drug-likeness (QED) is 0.595. The third-order valence-corrected chi connectivity index (χ3v) is 6.30. The van der Waals surface area contributed by atoms with Crippen LogP contribution in [0.3, 0.4) is 0 Å². The van der Waals surface area contributed by atoms with Crippen LogP contribution in [0.4, 0.5) is 4.39 Å². The summed E-state index contributed by atoms with van der Waals surface area (Å²) in [6, 6.07) is 3.30. The van der Waals surface area contributed by atoms with Crippen molar-refractivity contribution in [2.75, 3.05) is 19.8 Å². The SMILES string of the molecule is Cc1nnn(-c2cc(F)ccc2CNC(=O)C2COCC(C)(C)C3NCC(O)C(=O)N23)c1C. The summed E-state index contributed by atoms with van der Waals surface area (Å²) in [7, 11) is 0. The Labute approximate surface area is 191 Å². The first-order chi connectivity index (χ1) is 15.6. The minimum Gasteiger partial charge on any atom is -0.382 e. The van der Waals surface area contributed by atoms with Crippen molar-refractivity contribution in [2.24, 2.45) is 5.41 Å². The summed E-state index contributed by atoms with van der Waals surface area (Å²) in [5.74, 6) is -1.37. The number of aromatic nitrogens is 3. The number of hydrogen-bond acceptors (Lipinski definition) is 7. The largest absolute Gasteiger partial charge is 0.382 e. The Bertz CT molecular complexity index is 1070. The van der Waals surface area contributed by atoms with Gasteiger partial charge < -0.3 is 20.1 Å². The highest BCUT2D eigenvalue weighted by atomic mass is 19.1. The van der Waals surface area contributed by atoms with Gasteiger partial charge in [0, 0.05) is 18.5 Å². The van der Waals surface area contributed by atoms with Crippen LogP contribution in [0.5, 0.6) is 0 Å². The van der Waals surface area contributed by atoms with E-state index in [4.69, 9.17) is 4.74 Å². The predicted molar refractivity (Wildman–Crippen MR) is 116 cm³/mol. The number of β-amino-alcohol motifs (C(OH)–C–C–N with tert-alkyl or cyclic N) is 1. The standard InChI is InChI=1S/C22H29FN6O4/c1-12-13(2)29(27-26-12)16-7-15(23)6-5-14(16)8-24-19(31)17-10-33-11-22(3,4)21-25-9-18(30)20(32)28(17)21/h5-7,17-18,21,25,30H,8-11H2,1-4H3,(H,24,31). The molecule has 3 atom stereocenters. The molecule has 11 heteroatoms. The van der Waals surface area contributed by atoms with E-state index in [0.717, 1.165) is 5.69 Å². The maximum Gasteiger partial charge on any atom is 0.254 e. The number of carbonyl (C=O) groups is 2. The normalized spacial score (nSPS) is 24.8. The molecule has 0 aliphatic carbocycles. The molecule has 3 unspecified atom stereocenters. The average molecular weight is 461 g/mol. The van der Waals surface area contributed by atoms with E-state index in [1.165, 1.54) is 21.7 Å². The van der Waals surface area contributed by atoms with Gasteiger partial charge in [0.15, 0.2) is 0 Å². The fourth-order valence-electron chi connectivity index (χ4n) is 4.31. The smallest absolute Gasteiger partial charge is 0.254 e. The number of amides is 2. The lowest BCUT2D eigenvalue weighted by molar-refractivity contribution is -0.158. The highest BCUT2D eigenvalue weighted by Crippen LogP contribution is 2.31. The van der Waals surface area contributed by atoms with E-state index >= 15 is 0 Å². The van der Waals surface area contributed by atoms with Crippen LogP contribution in [0.15, 0.2) is 18.2 Å². The number of ether oxygens (including phenoxy) is 1. The Morgan fingerprint density at radius 3 is 2.85 bits per heavy atom. The number of carbonyl (C=O) groups excluding carboxylic acids is 2. The van der Waals surface area contributed by atoms with Crippen LogP contribution in [0, 0.1) is 25.1 Å². The van der Waals surface area contributed by atoms with Crippen LogP contribution < -0.4 is 10.6 Å². The van der Waals surface area contributed by atoms with Crippen molar-refractivity contribution in [2.45, 2.75) is 52.6 Å². The Hall–Kier alpha value is -2.89. The molecule has 10 nitrogen and oxygen atoms in total. The number of halogens is 1. The molecule has 1 aromatic carbocycles. The molecular formula is C22H29FN6O4. The van der Waals surface area contributed by atoms with Gasteiger partial charge in [-0.3, -0.25) is 14.9 Å². The monoisotopic (exact) mass is 460 g/mol. The first-order valence-electron chi connectivity index (χ1n) is 10.9. The second-order valence-electron chi connectivity index (χ2n) is 9.25. The molecular weight excluding hydrogens is 431 g/mol. The van der Waals surface area contributed by atoms with E-state index in [2.05, 4.69) is 20.9 Å². The van der Waals surface area contributed by atoms with Gasteiger partial charge in [0.25, 0.3) is 5.91 Å². The lowest BCUT2D eigenvalue weighted by Crippen LogP contribution is -2.69. The highest BCUT2D eigenvalue weighted by molar-refractivity contribution is 5.90. The van der Waals surface area contributed by atoms with Gasteiger partial charge in [0.2, 0.25) is 5.91 Å². The van der Waals surface area contributed by atoms with E-state index in [9.17, 15) is 19.1 Å². The molecule has 3 N–H and O–H groups in total. The van der Waals surface area contributed by atoms with Crippen molar-refractivity contribution in [3.8, 4) is 5.69 Å². The molecule has 3 heterocycles. The molecule has 2 saturated heterocycles. The number of hydrogen-bond donors (Lipinski definition) is 3. The number of aliphatic hydroxyl groups excluding tert-OH is 1. The Morgan fingerprint density at radius 2 is 2.15 bits per heavy atom. The molecule has 0 saturated carbocycles. The van der Waals surface area contributed by atoms with Gasteiger partial charge in [0.05, 0.1) is 36.5 Å². The van der Waals surface area contributed by atoms with Crippen LogP contribution in [0.25, 0.3) is 5.69 Å². The number of aliphatic hydroxyl groups is 1. The fourth-order valence-corrected chi connectivity index (χ4v) is 4.31. The first-order valence-corrected chi connectivity index (χ1v) is 10.9. The molecule has 2 aliphatic rings. The number of aryl methyl sites for hydroxylation is 1. The maximum atomic E-state index is 14.0. The van der Waals surface area contributed by atoms with Crippen molar-refractivity contribution in [1.29, 1.82) is 0 Å². The Balaban J connectivity index is 1.58. The summed E-state index contributed by atoms with van der Waals surface area (Å²) < 4.78 is 21.3. The number of benzene rings is 1. The second kappa shape index (κ2) is 8.81. The Morgan fingerprint density at radius 1 is 1.39 bits per heavy atom. The summed E-state index contributed by atoms with van der Waals surface area (Å²) >= 11 is 0. The van der Waals surface area contributed by atoms with E-state index in [1.54, 1.807) is 6.07 Å². The molecule has 0 radical (unpaired) electrons. The van der Waals surface area contributed by atoms with Crippen molar-refractivity contribution >= 4 is 11.8 Å². The van der Waals surface area contributed by atoms with Crippen LogP contribution in [-0.2, 0) is 20.9 Å². The van der Waals surface area contributed by atoms with Gasteiger partial charge in [0.1, 0.15) is 18.0 Å². The zero-order valence-electron chi connectivity index (χ0n) is 19.1. The minimum atomic E-state index is -1.23. The lowest BCUT2D eigenvalue weighted by Gasteiger charge is -2.46.